The van der Waals surface area contributed by atoms with E-state index in [1.54, 1.807) is 6.07 Å². The van der Waals surface area contributed by atoms with Crippen LogP contribution >= 0.6 is 0 Å². The van der Waals surface area contributed by atoms with Crippen LogP contribution in [0.15, 0.2) is 18.2 Å². The summed E-state index contributed by atoms with van der Waals surface area (Å²) in [6.45, 7) is 7.01. The monoisotopic (exact) mass is 256 g/mol. The van der Waals surface area contributed by atoms with Gasteiger partial charge in [-0.1, -0.05) is 13.0 Å². The van der Waals surface area contributed by atoms with Gasteiger partial charge in [-0.3, -0.25) is 0 Å². The van der Waals surface area contributed by atoms with Crippen LogP contribution in [0.4, 0.5) is 8.78 Å². The van der Waals surface area contributed by atoms with E-state index in [0.29, 0.717) is 12.5 Å². The number of hydrogen-bond acceptors (Lipinski definition) is 2. The smallest absolute Gasteiger partial charge is 0.159 e. The van der Waals surface area contributed by atoms with Gasteiger partial charge in [-0.2, -0.15) is 0 Å². The number of rotatable bonds is 7. The maximum atomic E-state index is 13.0. The first-order chi connectivity index (χ1) is 8.52. The summed E-state index contributed by atoms with van der Waals surface area (Å²) in [5.74, 6) is -1.56. The van der Waals surface area contributed by atoms with Gasteiger partial charge in [-0.15, -0.1) is 0 Å². The zero-order valence-electron chi connectivity index (χ0n) is 11.3. The summed E-state index contributed by atoms with van der Waals surface area (Å²) in [6.07, 6.45) is 0.706. The molecular weight excluding hydrogens is 234 g/mol. The van der Waals surface area contributed by atoms with Gasteiger partial charge in [0.25, 0.3) is 0 Å². The molecule has 0 aliphatic rings. The minimum Gasteiger partial charge on any atom is -0.313 e. The molecule has 0 amide bonds. The maximum absolute atomic E-state index is 13.0. The highest BCUT2D eigenvalue weighted by molar-refractivity contribution is 5.18. The lowest BCUT2D eigenvalue weighted by Crippen LogP contribution is -2.38. The van der Waals surface area contributed by atoms with Gasteiger partial charge < -0.3 is 10.2 Å². The van der Waals surface area contributed by atoms with Crippen LogP contribution in [0, 0.1) is 11.6 Å². The van der Waals surface area contributed by atoms with Gasteiger partial charge in [-0.05, 0) is 51.2 Å². The Hall–Kier alpha value is -1.00. The normalized spacial score (nSPS) is 13.0. The number of hydrogen-bond donors (Lipinski definition) is 1. The van der Waals surface area contributed by atoms with E-state index in [-0.39, 0.29) is 0 Å². The SMILES string of the molecule is CCN(C)CC(C)NCCc1ccc(F)c(F)c1. The van der Waals surface area contributed by atoms with Crippen LogP contribution in [0.2, 0.25) is 0 Å². The van der Waals surface area contributed by atoms with Crippen molar-refractivity contribution in [1.29, 1.82) is 0 Å². The third-order valence-corrected chi connectivity index (χ3v) is 3.02. The van der Waals surface area contributed by atoms with E-state index in [2.05, 4.69) is 31.1 Å². The number of halogens is 2. The van der Waals surface area contributed by atoms with Gasteiger partial charge >= 0.3 is 0 Å². The largest absolute Gasteiger partial charge is 0.313 e. The van der Waals surface area contributed by atoms with Gasteiger partial charge in [0.2, 0.25) is 0 Å². The summed E-state index contributed by atoms with van der Waals surface area (Å²) in [5, 5.41) is 3.37. The topological polar surface area (TPSA) is 15.3 Å². The van der Waals surface area contributed by atoms with Crippen molar-refractivity contribution in [2.24, 2.45) is 0 Å². The van der Waals surface area contributed by atoms with Crippen LogP contribution in [-0.2, 0) is 6.42 Å². The molecule has 2 nitrogen and oxygen atoms in total. The van der Waals surface area contributed by atoms with Crippen molar-refractivity contribution in [2.75, 3.05) is 26.7 Å². The number of likely N-dealkylation sites (N-methyl/N-ethyl adjacent to an activating group) is 1. The minimum absolute atomic E-state index is 0.389. The predicted molar refractivity (Wildman–Crippen MR) is 70.7 cm³/mol. The second-order valence-electron chi connectivity index (χ2n) is 4.71. The molecule has 0 aliphatic heterocycles. The molecule has 1 N–H and O–H groups in total. The molecule has 4 heteroatoms. The van der Waals surface area contributed by atoms with E-state index in [0.717, 1.165) is 25.2 Å². The summed E-state index contributed by atoms with van der Waals surface area (Å²) in [4.78, 5) is 2.23. The second-order valence-corrected chi connectivity index (χ2v) is 4.71. The van der Waals surface area contributed by atoms with E-state index >= 15 is 0 Å². The first-order valence-corrected chi connectivity index (χ1v) is 6.38. The van der Waals surface area contributed by atoms with Crippen LogP contribution in [-0.4, -0.2) is 37.6 Å². The standard InChI is InChI=1S/C14H22F2N2/c1-4-18(3)10-11(2)17-8-7-12-5-6-13(15)14(16)9-12/h5-6,9,11,17H,4,7-8,10H2,1-3H3. The van der Waals surface area contributed by atoms with Gasteiger partial charge in [0.05, 0.1) is 0 Å². The lowest BCUT2D eigenvalue weighted by Gasteiger charge is -2.20. The summed E-state index contributed by atoms with van der Waals surface area (Å²) in [6, 6.07) is 4.46. The van der Waals surface area contributed by atoms with E-state index in [4.69, 9.17) is 0 Å². The van der Waals surface area contributed by atoms with E-state index in [9.17, 15) is 8.78 Å². The molecule has 0 aromatic heterocycles. The summed E-state index contributed by atoms with van der Waals surface area (Å²) in [7, 11) is 2.08. The molecular formula is C14H22F2N2. The van der Waals surface area contributed by atoms with Crippen molar-refractivity contribution in [1.82, 2.24) is 10.2 Å². The molecule has 0 saturated carbocycles. The Labute approximate surface area is 108 Å². The Morgan fingerprint density at radius 3 is 2.61 bits per heavy atom. The van der Waals surface area contributed by atoms with Crippen LogP contribution in [0.3, 0.4) is 0 Å². The van der Waals surface area contributed by atoms with Crippen molar-refractivity contribution in [2.45, 2.75) is 26.3 Å². The lowest BCUT2D eigenvalue weighted by atomic mass is 10.1. The molecule has 0 fully saturated rings. The van der Waals surface area contributed by atoms with E-state index in [1.165, 1.54) is 12.1 Å². The number of nitrogens with zero attached hydrogens (tertiary/aromatic N) is 1. The number of nitrogens with one attached hydrogen (secondary N) is 1. The molecule has 1 aromatic carbocycles. The average Bonchev–Trinajstić information content (AvgIpc) is 2.33. The second kappa shape index (κ2) is 7.44. The molecule has 1 aromatic rings. The van der Waals surface area contributed by atoms with Crippen molar-refractivity contribution >= 4 is 0 Å². The third-order valence-electron chi connectivity index (χ3n) is 3.02. The van der Waals surface area contributed by atoms with Crippen LogP contribution in [0.5, 0.6) is 0 Å². The van der Waals surface area contributed by atoms with Gasteiger partial charge in [0, 0.05) is 12.6 Å². The quantitative estimate of drug-likeness (QED) is 0.806. The van der Waals surface area contributed by atoms with E-state index < -0.39 is 11.6 Å². The third kappa shape index (κ3) is 5.10. The molecule has 102 valence electrons. The molecule has 1 rings (SSSR count). The van der Waals surface area contributed by atoms with Gasteiger partial charge in [0.1, 0.15) is 0 Å². The summed E-state index contributed by atoms with van der Waals surface area (Å²) < 4.78 is 25.7. The Morgan fingerprint density at radius 1 is 1.28 bits per heavy atom. The molecule has 0 bridgehead atoms. The Balaban J connectivity index is 2.30. The lowest BCUT2D eigenvalue weighted by molar-refractivity contribution is 0.311. The molecule has 0 radical (unpaired) electrons. The highest BCUT2D eigenvalue weighted by Gasteiger charge is 2.05. The predicted octanol–water partition coefficient (Wildman–Crippen LogP) is 2.44. The fraction of sp³-hybridized carbons (Fsp3) is 0.571. The first kappa shape index (κ1) is 15.1. The van der Waals surface area contributed by atoms with Gasteiger partial charge in [0.15, 0.2) is 11.6 Å². The average molecular weight is 256 g/mol. The zero-order valence-corrected chi connectivity index (χ0v) is 11.3. The Kier molecular flexibility index (Phi) is 6.22. The maximum Gasteiger partial charge on any atom is 0.159 e. The summed E-state index contributed by atoms with van der Waals surface area (Å²) >= 11 is 0. The first-order valence-electron chi connectivity index (χ1n) is 6.38. The van der Waals surface area contributed by atoms with E-state index in [1.807, 2.05) is 0 Å². The van der Waals surface area contributed by atoms with Crippen molar-refractivity contribution in [3.63, 3.8) is 0 Å². The van der Waals surface area contributed by atoms with Crippen molar-refractivity contribution in [3.8, 4) is 0 Å². The molecule has 1 atom stereocenters. The van der Waals surface area contributed by atoms with Crippen molar-refractivity contribution < 1.29 is 8.78 Å². The number of benzene rings is 1. The van der Waals surface area contributed by atoms with Crippen LogP contribution in [0.1, 0.15) is 19.4 Å². The fourth-order valence-electron chi connectivity index (χ4n) is 1.82. The Bertz CT molecular complexity index is 369. The zero-order chi connectivity index (χ0) is 13.5. The molecule has 1 unspecified atom stereocenters. The molecule has 0 saturated heterocycles. The molecule has 0 aliphatic carbocycles. The fourth-order valence-corrected chi connectivity index (χ4v) is 1.82. The highest BCUT2D eigenvalue weighted by Crippen LogP contribution is 2.08. The van der Waals surface area contributed by atoms with Gasteiger partial charge in [-0.25, -0.2) is 8.78 Å². The van der Waals surface area contributed by atoms with Crippen LogP contribution < -0.4 is 5.32 Å². The molecule has 0 spiro atoms. The highest BCUT2D eigenvalue weighted by atomic mass is 19.2. The van der Waals surface area contributed by atoms with Crippen LogP contribution in [0.25, 0.3) is 0 Å². The molecule has 18 heavy (non-hydrogen) atoms. The molecule has 0 heterocycles. The Morgan fingerprint density at radius 2 is 2.00 bits per heavy atom. The summed E-state index contributed by atoms with van der Waals surface area (Å²) in [5.41, 5.74) is 0.817. The minimum atomic E-state index is -0.787. The van der Waals surface area contributed by atoms with Crippen molar-refractivity contribution in [3.05, 3.63) is 35.4 Å².